The molecule has 32 heavy (non-hydrogen) atoms. The third kappa shape index (κ3) is 4.18. The van der Waals surface area contributed by atoms with Gasteiger partial charge >= 0.3 is 0 Å². The summed E-state index contributed by atoms with van der Waals surface area (Å²) in [4.78, 5) is 15.1. The Morgan fingerprint density at radius 3 is 2.56 bits per heavy atom. The zero-order valence-electron chi connectivity index (χ0n) is 19.6. The highest BCUT2D eigenvalue weighted by molar-refractivity contribution is 5.99. The molecule has 0 radical (unpaired) electrons. The fraction of sp³-hybridized carbons (Fsp3) is 0.286. The normalized spacial score (nSPS) is 15.0. The summed E-state index contributed by atoms with van der Waals surface area (Å²) in [6.45, 7) is 12.0. The van der Waals surface area contributed by atoms with Gasteiger partial charge in [0.25, 0.3) is 5.91 Å². The number of carbonyl (C=O) groups is 1. The molecule has 0 aliphatic carbocycles. The molecular weight excluding hydrogens is 394 g/mol. The monoisotopic (exact) mass is 425 g/mol. The van der Waals surface area contributed by atoms with Crippen molar-refractivity contribution >= 4 is 34.2 Å². The lowest BCUT2D eigenvalue weighted by molar-refractivity contribution is 0.0955. The van der Waals surface area contributed by atoms with Gasteiger partial charge in [-0.15, -0.1) is 0 Å². The lowest BCUT2D eigenvalue weighted by atomic mass is 9.87. The standard InChI is InChI=1S/C28H31N3O/c1-6-13-31-26-14-19(2)24(16-25(26)20(3)17-28(31,4)5)18-29-30-27(32)23-12-11-21-9-7-8-10-22(21)15-23/h7-12,14-18H,6,13H2,1-5H3,(H,30,32)/b29-18-. The quantitative estimate of drug-likeness (QED) is 0.384. The van der Waals surface area contributed by atoms with Gasteiger partial charge in [-0.2, -0.15) is 5.10 Å². The van der Waals surface area contributed by atoms with E-state index in [0.717, 1.165) is 34.9 Å². The molecule has 0 fully saturated rings. The van der Waals surface area contributed by atoms with E-state index in [0.29, 0.717) is 5.56 Å². The topological polar surface area (TPSA) is 44.7 Å². The first-order valence-electron chi connectivity index (χ1n) is 11.2. The van der Waals surface area contributed by atoms with Crippen LogP contribution in [-0.2, 0) is 0 Å². The number of aryl methyl sites for hydroxylation is 1. The Labute approximate surface area is 190 Å². The van der Waals surface area contributed by atoms with E-state index in [1.54, 1.807) is 6.21 Å². The molecule has 1 heterocycles. The van der Waals surface area contributed by atoms with Crippen molar-refractivity contribution in [3.05, 3.63) is 82.9 Å². The lowest BCUT2D eigenvalue weighted by Crippen LogP contribution is -2.45. The van der Waals surface area contributed by atoms with Gasteiger partial charge in [-0.05, 0) is 85.9 Å². The molecule has 4 rings (SSSR count). The van der Waals surface area contributed by atoms with Crippen LogP contribution >= 0.6 is 0 Å². The fourth-order valence-electron chi connectivity index (χ4n) is 4.57. The number of nitrogens with one attached hydrogen (secondary N) is 1. The van der Waals surface area contributed by atoms with Gasteiger partial charge in [-0.1, -0.05) is 43.3 Å². The minimum atomic E-state index is -0.213. The van der Waals surface area contributed by atoms with Gasteiger partial charge in [0.15, 0.2) is 0 Å². The molecule has 4 heteroatoms. The van der Waals surface area contributed by atoms with Crippen LogP contribution < -0.4 is 10.3 Å². The molecule has 3 aromatic rings. The van der Waals surface area contributed by atoms with Crippen molar-refractivity contribution in [2.24, 2.45) is 5.10 Å². The SMILES string of the molecule is CCCN1c2cc(C)c(/C=N\NC(=O)c3ccc4ccccc4c3)cc2C(C)=CC1(C)C. The average molecular weight is 426 g/mol. The number of anilines is 1. The minimum Gasteiger partial charge on any atom is -0.362 e. The molecule has 0 unspecified atom stereocenters. The number of hydrogen-bond acceptors (Lipinski definition) is 3. The van der Waals surface area contributed by atoms with Crippen LogP contribution in [-0.4, -0.2) is 24.2 Å². The van der Waals surface area contributed by atoms with Crippen molar-refractivity contribution in [1.29, 1.82) is 0 Å². The molecule has 0 aromatic heterocycles. The van der Waals surface area contributed by atoms with Crippen LogP contribution in [0.5, 0.6) is 0 Å². The van der Waals surface area contributed by atoms with Gasteiger partial charge in [-0.25, -0.2) is 5.43 Å². The number of rotatable bonds is 5. The largest absolute Gasteiger partial charge is 0.362 e. The highest BCUT2D eigenvalue weighted by Crippen LogP contribution is 2.40. The van der Waals surface area contributed by atoms with E-state index in [4.69, 9.17) is 0 Å². The number of carbonyl (C=O) groups excluding carboxylic acids is 1. The summed E-state index contributed by atoms with van der Waals surface area (Å²) in [5, 5.41) is 6.41. The van der Waals surface area contributed by atoms with Crippen molar-refractivity contribution in [2.45, 2.75) is 46.6 Å². The summed E-state index contributed by atoms with van der Waals surface area (Å²) in [5.74, 6) is -0.213. The Bertz CT molecular complexity index is 1240. The number of allylic oxidation sites excluding steroid dienone is 1. The van der Waals surface area contributed by atoms with Gasteiger partial charge in [0.05, 0.1) is 11.8 Å². The molecule has 164 valence electrons. The first kappa shape index (κ1) is 21.8. The van der Waals surface area contributed by atoms with Crippen molar-refractivity contribution in [2.75, 3.05) is 11.4 Å². The Hall–Kier alpha value is -3.40. The van der Waals surface area contributed by atoms with Crippen LogP contribution in [0.15, 0.2) is 65.8 Å². The molecule has 4 nitrogen and oxygen atoms in total. The molecular formula is C28H31N3O. The predicted molar refractivity (Wildman–Crippen MR) is 136 cm³/mol. The van der Waals surface area contributed by atoms with E-state index < -0.39 is 0 Å². The maximum absolute atomic E-state index is 12.6. The first-order valence-corrected chi connectivity index (χ1v) is 11.2. The Balaban J connectivity index is 1.57. The van der Waals surface area contributed by atoms with Crippen molar-refractivity contribution in [1.82, 2.24) is 5.43 Å². The summed E-state index contributed by atoms with van der Waals surface area (Å²) in [7, 11) is 0. The summed E-state index contributed by atoms with van der Waals surface area (Å²) < 4.78 is 0. The van der Waals surface area contributed by atoms with E-state index in [9.17, 15) is 4.79 Å². The lowest BCUT2D eigenvalue weighted by Gasteiger charge is -2.43. The number of nitrogens with zero attached hydrogens (tertiary/aromatic N) is 2. The molecule has 1 N–H and O–H groups in total. The molecule has 3 aromatic carbocycles. The maximum atomic E-state index is 12.6. The van der Waals surface area contributed by atoms with E-state index >= 15 is 0 Å². The molecule has 0 spiro atoms. The minimum absolute atomic E-state index is 0.0109. The number of hydrogen-bond donors (Lipinski definition) is 1. The van der Waals surface area contributed by atoms with Crippen molar-refractivity contribution in [3.63, 3.8) is 0 Å². The zero-order valence-corrected chi connectivity index (χ0v) is 19.6. The first-order chi connectivity index (χ1) is 15.3. The summed E-state index contributed by atoms with van der Waals surface area (Å²) in [6, 6.07) is 18.1. The van der Waals surface area contributed by atoms with Crippen LogP contribution in [0.1, 0.15) is 61.2 Å². The molecule has 1 amide bonds. The molecule has 0 bridgehead atoms. The smallest absolute Gasteiger partial charge is 0.271 e. The second-order valence-corrected chi connectivity index (χ2v) is 9.12. The van der Waals surface area contributed by atoms with Crippen molar-refractivity contribution < 1.29 is 4.79 Å². The second-order valence-electron chi connectivity index (χ2n) is 9.12. The van der Waals surface area contributed by atoms with Crippen LogP contribution in [0.2, 0.25) is 0 Å². The molecule has 1 aliphatic rings. The van der Waals surface area contributed by atoms with Gasteiger partial charge in [0, 0.05) is 23.4 Å². The van der Waals surface area contributed by atoms with Gasteiger partial charge < -0.3 is 4.90 Å². The molecule has 0 atom stereocenters. The summed E-state index contributed by atoms with van der Waals surface area (Å²) in [6.07, 6.45) is 5.17. The van der Waals surface area contributed by atoms with Gasteiger partial charge in [0.1, 0.15) is 0 Å². The van der Waals surface area contributed by atoms with E-state index in [1.807, 2.05) is 42.5 Å². The average Bonchev–Trinajstić information content (AvgIpc) is 2.76. The molecule has 0 saturated heterocycles. The third-order valence-corrected chi connectivity index (χ3v) is 6.19. The van der Waals surface area contributed by atoms with Gasteiger partial charge in [-0.3, -0.25) is 4.79 Å². The Morgan fingerprint density at radius 1 is 1.06 bits per heavy atom. The maximum Gasteiger partial charge on any atom is 0.271 e. The van der Waals surface area contributed by atoms with E-state index in [1.165, 1.54) is 16.8 Å². The summed E-state index contributed by atoms with van der Waals surface area (Å²) >= 11 is 0. The van der Waals surface area contributed by atoms with Crippen molar-refractivity contribution in [3.8, 4) is 0 Å². The highest BCUT2D eigenvalue weighted by Gasteiger charge is 2.31. The second kappa shape index (κ2) is 8.62. The number of amides is 1. The number of hydrazone groups is 1. The fourth-order valence-corrected chi connectivity index (χ4v) is 4.57. The Morgan fingerprint density at radius 2 is 1.81 bits per heavy atom. The van der Waals surface area contributed by atoms with E-state index in [-0.39, 0.29) is 11.4 Å². The zero-order chi connectivity index (χ0) is 22.9. The van der Waals surface area contributed by atoms with Crippen LogP contribution in [0.25, 0.3) is 16.3 Å². The van der Waals surface area contributed by atoms with Crippen LogP contribution in [0, 0.1) is 6.92 Å². The molecule has 0 saturated carbocycles. The summed E-state index contributed by atoms with van der Waals surface area (Å²) in [5.41, 5.74) is 9.18. The molecule has 1 aliphatic heterocycles. The van der Waals surface area contributed by atoms with Crippen LogP contribution in [0.3, 0.4) is 0 Å². The predicted octanol–water partition coefficient (Wildman–Crippen LogP) is 6.32. The van der Waals surface area contributed by atoms with Crippen LogP contribution in [0.4, 0.5) is 5.69 Å². The number of benzene rings is 3. The Kier molecular flexibility index (Phi) is 5.88. The van der Waals surface area contributed by atoms with E-state index in [2.05, 4.69) is 68.3 Å². The third-order valence-electron chi connectivity index (χ3n) is 6.19. The highest BCUT2D eigenvalue weighted by atomic mass is 16.2. The number of fused-ring (bicyclic) bond motifs is 2. The van der Waals surface area contributed by atoms with Gasteiger partial charge in [0.2, 0.25) is 0 Å².